The van der Waals surface area contributed by atoms with E-state index in [1.54, 1.807) is 4.31 Å². The molecule has 1 aliphatic rings. The van der Waals surface area contributed by atoms with Crippen molar-refractivity contribution in [3.8, 4) is 0 Å². The number of rotatable bonds is 4. The van der Waals surface area contributed by atoms with Crippen molar-refractivity contribution >= 4 is 10.0 Å². The van der Waals surface area contributed by atoms with Gasteiger partial charge in [-0.2, -0.15) is 0 Å². The number of nitrogens with zero attached hydrogens (tertiary/aromatic N) is 1. The molecule has 1 fully saturated rings. The van der Waals surface area contributed by atoms with Gasteiger partial charge in [0.15, 0.2) is 0 Å². The average Bonchev–Trinajstić information content (AvgIpc) is 2.46. The highest BCUT2D eigenvalue weighted by Crippen LogP contribution is 2.30. The van der Waals surface area contributed by atoms with Gasteiger partial charge in [0.2, 0.25) is 10.0 Å². The molecular weight excluding hydrogens is 284 g/mol. The van der Waals surface area contributed by atoms with Crippen molar-refractivity contribution in [2.75, 3.05) is 19.3 Å². The van der Waals surface area contributed by atoms with Gasteiger partial charge in [0.1, 0.15) is 0 Å². The molecule has 0 radical (unpaired) electrons. The van der Waals surface area contributed by atoms with Crippen molar-refractivity contribution in [2.45, 2.75) is 38.6 Å². The molecule has 1 aliphatic heterocycles. The van der Waals surface area contributed by atoms with Crippen molar-refractivity contribution in [2.24, 2.45) is 11.7 Å². The molecule has 1 saturated heterocycles. The molecule has 21 heavy (non-hydrogen) atoms. The number of benzene rings is 1. The van der Waals surface area contributed by atoms with Gasteiger partial charge in [0, 0.05) is 19.1 Å². The van der Waals surface area contributed by atoms with Crippen LogP contribution in [0.15, 0.2) is 24.3 Å². The van der Waals surface area contributed by atoms with Crippen molar-refractivity contribution in [3.05, 3.63) is 35.4 Å². The summed E-state index contributed by atoms with van der Waals surface area (Å²) in [6, 6.07) is 8.46. The molecule has 5 heteroatoms. The third-order valence-corrected chi connectivity index (χ3v) is 5.74. The summed E-state index contributed by atoms with van der Waals surface area (Å²) in [5.74, 6) is 0.842. The second kappa shape index (κ2) is 6.46. The van der Waals surface area contributed by atoms with Gasteiger partial charge in [-0.05, 0) is 35.8 Å². The van der Waals surface area contributed by atoms with Crippen LogP contribution >= 0.6 is 0 Å². The van der Waals surface area contributed by atoms with Crippen LogP contribution in [0.4, 0.5) is 0 Å². The Morgan fingerprint density at radius 3 is 2.29 bits per heavy atom. The standard InChI is InChI=1S/C16H26N2O2S/c1-12(2)14-5-4-6-15(11-14)16(17)13-7-9-18(10-8-13)21(3,19)20/h4-6,11-13,16H,7-10,17H2,1-3H3. The summed E-state index contributed by atoms with van der Waals surface area (Å²) in [4.78, 5) is 0. The second-order valence-electron chi connectivity index (χ2n) is 6.35. The van der Waals surface area contributed by atoms with Crippen LogP contribution < -0.4 is 5.73 Å². The Morgan fingerprint density at radius 2 is 1.76 bits per heavy atom. The topological polar surface area (TPSA) is 63.4 Å². The maximum atomic E-state index is 11.5. The van der Waals surface area contributed by atoms with Crippen molar-refractivity contribution in [1.82, 2.24) is 4.31 Å². The van der Waals surface area contributed by atoms with Gasteiger partial charge in [-0.25, -0.2) is 12.7 Å². The van der Waals surface area contributed by atoms with Gasteiger partial charge in [0.25, 0.3) is 0 Å². The smallest absolute Gasteiger partial charge is 0.211 e. The third kappa shape index (κ3) is 4.05. The van der Waals surface area contributed by atoms with Gasteiger partial charge in [-0.15, -0.1) is 0 Å². The molecule has 0 bridgehead atoms. The molecule has 118 valence electrons. The first-order valence-corrected chi connectivity index (χ1v) is 9.44. The molecule has 2 N–H and O–H groups in total. The zero-order chi connectivity index (χ0) is 15.6. The molecule has 1 aromatic carbocycles. The van der Waals surface area contributed by atoms with E-state index in [2.05, 4.69) is 38.1 Å². The van der Waals surface area contributed by atoms with Crippen molar-refractivity contribution in [1.29, 1.82) is 0 Å². The molecule has 0 saturated carbocycles. The first-order valence-electron chi connectivity index (χ1n) is 7.59. The molecule has 1 unspecified atom stereocenters. The van der Waals surface area contributed by atoms with Crippen LogP contribution in [0.5, 0.6) is 0 Å². The van der Waals surface area contributed by atoms with Crippen molar-refractivity contribution < 1.29 is 8.42 Å². The lowest BCUT2D eigenvalue weighted by Gasteiger charge is -2.33. The van der Waals surface area contributed by atoms with Crippen molar-refractivity contribution in [3.63, 3.8) is 0 Å². The third-order valence-electron chi connectivity index (χ3n) is 4.44. The fourth-order valence-electron chi connectivity index (χ4n) is 2.96. The fourth-order valence-corrected chi connectivity index (χ4v) is 3.84. The zero-order valence-electron chi connectivity index (χ0n) is 13.1. The van der Waals surface area contributed by atoms with E-state index in [0.717, 1.165) is 12.8 Å². The SMILES string of the molecule is CC(C)c1cccc(C(N)C2CCN(S(C)(=O)=O)CC2)c1. The lowest BCUT2D eigenvalue weighted by Crippen LogP contribution is -2.40. The quantitative estimate of drug-likeness (QED) is 0.929. The molecule has 0 aliphatic carbocycles. The number of hydrogen-bond donors (Lipinski definition) is 1. The predicted octanol–water partition coefficient (Wildman–Crippen LogP) is 2.48. The zero-order valence-corrected chi connectivity index (χ0v) is 13.9. The molecule has 4 nitrogen and oxygen atoms in total. The van der Waals surface area contributed by atoms with E-state index in [1.165, 1.54) is 17.4 Å². The molecule has 2 rings (SSSR count). The minimum atomic E-state index is -3.07. The highest BCUT2D eigenvalue weighted by Gasteiger charge is 2.28. The van der Waals surface area contributed by atoms with E-state index in [1.807, 2.05) is 0 Å². The molecule has 0 spiro atoms. The minimum Gasteiger partial charge on any atom is -0.324 e. The van der Waals surface area contributed by atoms with Crippen LogP contribution in [0, 0.1) is 5.92 Å². The van der Waals surface area contributed by atoms with Crippen LogP contribution in [-0.4, -0.2) is 32.1 Å². The number of hydrogen-bond acceptors (Lipinski definition) is 3. The summed E-state index contributed by atoms with van der Waals surface area (Å²) in [5, 5.41) is 0. The summed E-state index contributed by atoms with van der Waals surface area (Å²) < 4.78 is 24.7. The minimum absolute atomic E-state index is 0.00888. The van der Waals surface area contributed by atoms with E-state index < -0.39 is 10.0 Å². The maximum absolute atomic E-state index is 11.5. The number of nitrogens with two attached hydrogens (primary N) is 1. The second-order valence-corrected chi connectivity index (χ2v) is 8.33. The first kappa shape index (κ1) is 16.5. The van der Waals surface area contributed by atoms with E-state index >= 15 is 0 Å². The lowest BCUT2D eigenvalue weighted by molar-refractivity contribution is 0.246. The molecule has 1 aromatic rings. The number of sulfonamides is 1. The summed E-state index contributed by atoms with van der Waals surface area (Å²) in [6.07, 6.45) is 2.94. The highest BCUT2D eigenvalue weighted by atomic mass is 32.2. The van der Waals surface area contributed by atoms with Crippen LogP contribution in [-0.2, 0) is 10.0 Å². The Hall–Kier alpha value is -0.910. The van der Waals surface area contributed by atoms with Crippen LogP contribution in [0.3, 0.4) is 0 Å². The van der Waals surface area contributed by atoms with Crippen LogP contribution in [0.25, 0.3) is 0 Å². The Morgan fingerprint density at radius 1 is 1.19 bits per heavy atom. The fraction of sp³-hybridized carbons (Fsp3) is 0.625. The Bertz CT molecular complexity index is 576. The van der Waals surface area contributed by atoms with Gasteiger partial charge < -0.3 is 5.73 Å². The molecule has 0 aromatic heterocycles. The van der Waals surface area contributed by atoms with Crippen LogP contribution in [0.1, 0.15) is 49.8 Å². The van der Waals surface area contributed by atoms with Gasteiger partial charge in [-0.1, -0.05) is 38.1 Å². The average molecular weight is 310 g/mol. The molecule has 0 amide bonds. The van der Waals surface area contributed by atoms with E-state index in [4.69, 9.17) is 5.73 Å². The lowest BCUT2D eigenvalue weighted by atomic mass is 9.85. The summed E-state index contributed by atoms with van der Waals surface area (Å²) >= 11 is 0. The largest absolute Gasteiger partial charge is 0.324 e. The predicted molar refractivity (Wildman–Crippen MR) is 86.6 cm³/mol. The first-order chi connectivity index (χ1) is 9.79. The summed E-state index contributed by atoms with van der Waals surface area (Å²) in [7, 11) is -3.07. The Balaban J connectivity index is 2.05. The number of piperidine rings is 1. The molecular formula is C16H26N2O2S. The van der Waals surface area contributed by atoms with Gasteiger partial charge in [-0.3, -0.25) is 0 Å². The maximum Gasteiger partial charge on any atom is 0.211 e. The van der Waals surface area contributed by atoms with E-state index in [0.29, 0.717) is 24.9 Å². The highest BCUT2D eigenvalue weighted by molar-refractivity contribution is 7.88. The van der Waals surface area contributed by atoms with Crippen LogP contribution in [0.2, 0.25) is 0 Å². The summed E-state index contributed by atoms with van der Waals surface area (Å²) in [5.41, 5.74) is 8.89. The Labute approximate surface area is 128 Å². The summed E-state index contributed by atoms with van der Waals surface area (Å²) in [6.45, 7) is 5.52. The molecule has 1 atom stereocenters. The monoisotopic (exact) mass is 310 g/mol. The molecule has 1 heterocycles. The van der Waals surface area contributed by atoms with Gasteiger partial charge in [0.05, 0.1) is 6.26 Å². The normalized spacial score (nSPS) is 19.9. The van der Waals surface area contributed by atoms with E-state index in [-0.39, 0.29) is 6.04 Å². The van der Waals surface area contributed by atoms with E-state index in [9.17, 15) is 8.42 Å². The van der Waals surface area contributed by atoms with Gasteiger partial charge >= 0.3 is 0 Å². The Kier molecular flexibility index (Phi) is 5.07.